The lowest BCUT2D eigenvalue weighted by Crippen LogP contribution is -2.40. The predicted octanol–water partition coefficient (Wildman–Crippen LogP) is 2.03. The number of carbonyl (C=O) groups is 1. The van der Waals surface area contributed by atoms with Crippen LogP contribution >= 0.6 is 15.9 Å². The van der Waals surface area contributed by atoms with Crippen LogP contribution in [0.3, 0.4) is 0 Å². The molecule has 2 rings (SSSR count). The summed E-state index contributed by atoms with van der Waals surface area (Å²) in [4.78, 5) is 15.3. The Balaban J connectivity index is 2.32. The predicted molar refractivity (Wildman–Crippen MR) is 87.6 cm³/mol. The van der Waals surface area contributed by atoms with Gasteiger partial charge in [-0.2, -0.15) is 5.10 Å². The van der Waals surface area contributed by atoms with Gasteiger partial charge in [0, 0.05) is 13.1 Å². The van der Waals surface area contributed by atoms with Gasteiger partial charge in [0.05, 0.1) is 22.6 Å². The SMILES string of the molecule is CC(C)C1(C(=O)c2c(Br)cnn2CCN(C)C)CCNC1. The third-order valence-corrected chi connectivity index (χ3v) is 5.09. The van der Waals surface area contributed by atoms with E-state index in [2.05, 4.69) is 45.1 Å². The van der Waals surface area contributed by atoms with E-state index in [1.165, 1.54) is 0 Å². The Bertz CT molecular complexity index is 504. The van der Waals surface area contributed by atoms with Crippen molar-refractivity contribution >= 4 is 21.7 Å². The van der Waals surface area contributed by atoms with Crippen LogP contribution in [-0.4, -0.2) is 54.2 Å². The lowest BCUT2D eigenvalue weighted by molar-refractivity contribution is 0.0726. The second-order valence-corrected chi connectivity index (χ2v) is 7.29. The lowest BCUT2D eigenvalue weighted by Gasteiger charge is -2.31. The van der Waals surface area contributed by atoms with E-state index in [1.54, 1.807) is 6.20 Å². The number of nitrogens with zero attached hydrogens (tertiary/aromatic N) is 3. The quantitative estimate of drug-likeness (QED) is 0.792. The zero-order chi connectivity index (χ0) is 15.6. The summed E-state index contributed by atoms with van der Waals surface area (Å²) in [6.07, 6.45) is 2.63. The van der Waals surface area contributed by atoms with Crippen LogP contribution < -0.4 is 5.32 Å². The number of likely N-dealkylation sites (N-methyl/N-ethyl adjacent to an activating group) is 1. The van der Waals surface area contributed by atoms with Crippen molar-refractivity contribution in [1.82, 2.24) is 20.0 Å². The van der Waals surface area contributed by atoms with Crippen LogP contribution in [0, 0.1) is 11.3 Å². The number of rotatable bonds is 6. The van der Waals surface area contributed by atoms with E-state index in [-0.39, 0.29) is 11.2 Å². The third kappa shape index (κ3) is 3.22. The summed E-state index contributed by atoms with van der Waals surface area (Å²) >= 11 is 3.51. The molecule has 1 atom stereocenters. The monoisotopic (exact) mass is 356 g/mol. The van der Waals surface area contributed by atoms with Crippen molar-refractivity contribution in [1.29, 1.82) is 0 Å². The Kier molecular flexibility index (Phi) is 5.22. The van der Waals surface area contributed by atoms with Gasteiger partial charge >= 0.3 is 0 Å². The highest BCUT2D eigenvalue weighted by molar-refractivity contribution is 9.10. The summed E-state index contributed by atoms with van der Waals surface area (Å²) < 4.78 is 2.65. The van der Waals surface area contributed by atoms with Crippen LogP contribution in [-0.2, 0) is 6.54 Å². The van der Waals surface area contributed by atoms with E-state index >= 15 is 0 Å². The van der Waals surface area contributed by atoms with Crippen LogP contribution in [0.5, 0.6) is 0 Å². The Morgan fingerprint density at radius 2 is 2.29 bits per heavy atom. The van der Waals surface area contributed by atoms with E-state index in [0.717, 1.165) is 37.1 Å². The summed E-state index contributed by atoms with van der Waals surface area (Å²) in [5.41, 5.74) is 0.410. The van der Waals surface area contributed by atoms with Crippen molar-refractivity contribution in [2.45, 2.75) is 26.8 Å². The van der Waals surface area contributed by atoms with Crippen molar-refractivity contribution < 1.29 is 4.79 Å². The summed E-state index contributed by atoms with van der Waals surface area (Å²) in [7, 11) is 4.05. The number of carbonyl (C=O) groups excluding carboxylic acids is 1. The Labute approximate surface area is 135 Å². The average Bonchev–Trinajstić information content (AvgIpc) is 3.03. The van der Waals surface area contributed by atoms with Crippen LogP contribution in [0.2, 0.25) is 0 Å². The molecule has 0 amide bonds. The van der Waals surface area contributed by atoms with Gasteiger partial charge in [-0.1, -0.05) is 13.8 Å². The molecule has 0 bridgehead atoms. The second-order valence-electron chi connectivity index (χ2n) is 6.43. The maximum Gasteiger partial charge on any atom is 0.189 e. The van der Waals surface area contributed by atoms with E-state index in [1.807, 2.05) is 18.8 Å². The first-order valence-corrected chi connectivity index (χ1v) is 8.29. The van der Waals surface area contributed by atoms with Gasteiger partial charge < -0.3 is 10.2 Å². The topological polar surface area (TPSA) is 50.2 Å². The van der Waals surface area contributed by atoms with Gasteiger partial charge in [-0.3, -0.25) is 9.48 Å². The minimum atomic E-state index is -0.307. The number of Topliss-reactive ketones (excluding diaryl/α,β-unsaturated/α-hetero) is 1. The van der Waals surface area contributed by atoms with Gasteiger partial charge in [-0.15, -0.1) is 0 Å². The number of nitrogens with one attached hydrogen (secondary N) is 1. The zero-order valence-corrected chi connectivity index (χ0v) is 14.9. The van der Waals surface area contributed by atoms with Gasteiger partial charge in [0.2, 0.25) is 0 Å². The van der Waals surface area contributed by atoms with Gasteiger partial charge in [0.25, 0.3) is 0 Å². The maximum absolute atomic E-state index is 13.2. The summed E-state index contributed by atoms with van der Waals surface area (Å²) in [5.74, 6) is 0.523. The molecule has 118 valence electrons. The number of halogens is 1. The third-order valence-electron chi connectivity index (χ3n) is 4.51. The molecule has 0 spiro atoms. The molecule has 1 aromatic rings. The van der Waals surface area contributed by atoms with Crippen LogP contribution in [0.25, 0.3) is 0 Å². The normalized spacial score (nSPS) is 22.4. The summed E-state index contributed by atoms with van der Waals surface area (Å²) in [5, 5.41) is 7.72. The molecular weight excluding hydrogens is 332 g/mol. The molecule has 21 heavy (non-hydrogen) atoms. The largest absolute Gasteiger partial charge is 0.316 e. The molecule has 0 radical (unpaired) electrons. The number of aromatic nitrogens is 2. The average molecular weight is 357 g/mol. The number of ketones is 1. The Morgan fingerprint density at radius 1 is 1.57 bits per heavy atom. The van der Waals surface area contributed by atoms with Crippen LogP contribution in [0.15, 0.2) is 10.7 Å². The smallest absolute Gasteiger partial charge is 0.189 e. The number of hydrogen-bond donors (Lipinski definition) is 1. The minimum Gasteiger partial charge on any atom is -0.316 e. The van der Waals surface area contributed by atoms with Gasteiger partial charge in [-0.05, 0) is 48.9 Å². The van der Waals surface area contributed by atoms with Crippen LogP contribution in [0.1, 0.15) is 30.8 Å². The van der Waals surface area contributed by atoms with Crippen molar-refractivity contribution in [2.75, 3.05) is 33.7 Å². The standard InChI is InChI=1S/C15H25BrN4O/c1-11(2)15(5-6-17-10-15)14(21)13-12(16)9-18-20(13)8-7-19(3)4/h9,11,17H,5-8,10H2,1-4H3. The maximum atomic E-state index is 13.2. The molecule has 6 heteroatoms. The zero-order valence-electron chi connectivity index (χ0n) is 13.3. The molecule has 0 aliphatic carbocycles. The summed E-state index contributed by atoms with van der Waals surface area (Å²) in [6, 6.07) is 0. The Hall–Kier alpha value is -0.720. The molecule has 1 N–H and O–H groups in total. The van der Waals surface area contributed by atoms with Gasteiger partial charge in [0.1, 0.15) is 5.69 Å². The van der Waals surface area contributed by atoms with Crippen molar-refractivity contribution in [2.24, 2.45) is 11.3 Å². The molecule has 1 aromatic heterocycles. The molecule has 5 nitrogen and oxygen atoms in total. The molecule has 1 fully saturated rings. The van der Waals surface area contributed by atoms with Crippen molar-refractivity contribution in [3.05, 3.63) is 16.4 Å². The lowest BCUT2D eigenvalue weighted by atomic mass is 9.72. The van der Waals surface area contributed by atoms with E-state index in [9.17, 15) is 4.79 Å². The van der Waals surface area contributed by atoms with Crippen LogP contribution in [0.4, 0.5) is 0 Å². The highest BCUT2D eigenvalue weighted by Crippen LogP contribution is 2.39. The molecule has 1 aliphatic heterocycles. The molecule has 1 unspecified atom stereocenters. The second kappa shape index (κ2) is 6.58. The molecule has 2 heterocycles. The van der Waals surface area contributed by atoms with E-state index < -0.39 is 0 Å². The first-order valence-electron chi connectivity index (χ1n) is 7.50. The fourth-order valence-corrected chi connectivity index (χ4v) is 3.42. The van der Waals surface area contributed by atoms with Gasteiger partial charge in [-0.25, -0.2) is 0 Å². The summed E-state index contributed by atoms with van der Waals surface area (Å²) in [6.45, 7) is 7.53. The fourth-order valence-electron chi connectivity index (χ4n) is 2.95. The fraction of sp³-hybridized carbons (Fsp3) is 0.733. The highest BCUT2D eigenvalue weighted by Gasteiger charge is 2.45. The highest BCUT2D eigenvalue weighted by atomic mass is 79.9. The molecular formula is C15H25BrN4O. The van der Waals surface area contributed by atoms with E-state index in [0.29, 0.717) is 11.6 Å². The minimum absolute atomic E-state index is 0.214. The molecule has 1 aliphatic rings. The van der Waals surface area contributed by atoms with Gasteiger partial charge in [0.15, 0.2) is 5.78 Å². The molecule has 0 saturated carbocycles. The first kappa shape index (κ1) is 16.6. The van der Waals surface area contributed by atoms with Crippen molar-refractivity contribution in [3.63, 3.8) is 0 Å². The first-order chi connectivity index (χ1) is 9.88. The Morgan fingerprint density at radius 3 is 2.81 bits per heavy atom. The molecule has 0 aromatic carbocycles. The van der Waals surface area contributed by atoms with Crippen molar-refractivity contribution in [3.8, 4) is 0 Å². The number of hydrogen-bond acceptors (Lipinski definition) is 4. The van der Waals surface area contributed by atoms with E-state index in [4.69, 9.17) is 0 Å². The molecule has 1 saturated heterocycles.